The first kappa shape index (κ1) is 11.0. The Morgan fingerprint density at radius 2 is 2.33 bits per heavy atom. The van der Waals surface area contributed by atoms with Crippen LogP contribution in [0.15, 0.2) is 18.2 Å². The molecule has 0 saturated carbocycles. The largest absolute Gasteiger partial charge is 0.480 e. The number of aliphatic carboxylic acids is 1. The van der Waals surface area contributed by atoms with Gasteiger partial charge in [0.1, 0.15) is 11.6 Å². The number of carboxylic acids is 1. The van der Waals surface area contributed by atoms with Crippen molar-refractivity contribution in [2.45, 2.75) is 18.9 Å². The third-order valence-electron chi connectivity index (χ3n) is 3.47. The molecule has 1 N–H and O–H groups in total. The second-order valence-electron chi connectivity index (χ2n) is 4.55. The van der Waals surface area contributed by atoms with Gasteiger partial charge in [-0.1, -0.05) is 11.3 Å². The first-order valence-electron chi connectivity index (χ1n) is 5.96. The van der Waals surface area contributed by atoms with Crippen LogP contribution in [0.2, 0.25) is 0 Å². The van der Waals surface area contributed by atoms with Gasteiger partial charge in [0.15, 0.2) is 0 Å². The molecule has 3 rings (SSSR count). The summed E-state index contributed by atoms with van der Waals surface area (Å²) in [7, 11) is 1.83. The Kier molecular flexibility index (Phi) is 2.43. The van der Waals surface area contributed by atoms with Gasteiger partial charge in [-0.25, -0.2) is 9.48 Å². The van der Waals surface area contributed by atoms with Gasteiger partial charge in [0, 0.05) is 13.6 Å². The summed E-state index contributed by atoms with van der Waals surface area (Å²) in [6.07, 6.45) is 1.58. The van der Waals surface area contributed by atoms with Crippen LogP contribution >= 0.6 is 0 Å². The van der Waals surface area contributed by atoms with E-state index < -0.39 is 12.0 Å². The molecule has 1 aliphatic heterocycles. The number of aryl methyl sites for hydroxylation is 1. The zero-order chi connectivity index (χ0) is 12.7. The molecule has 1 aliphatic rings. The molecular formula is C12H14N4O2. The molecule has 6 nitrogen and oxygen atoms in total. The number of aromatic nitrogens is 3. The van der Waals surface area contributed by atoms with E-state index in [9.17, 15) is 9.90 Å². The lowest BCUT2D eigenvalue weighted by atomic mass is 10.2. The number of carbonyl (C=O) groups is 1. The van der Waals surface area contributed by atoms with E-state index >= 15 is 0 Å². The minimum atomic E-state index is -0.770. The molecule has 0 amide bonds. The van der Waals surface area contributed by atoms with E-state index in [1.807, 2.05) is 30.1 Å². The monoisotopic (exact) mass is 246 g/mol. The summed E-state index contributed by atoms with van der Waals surface area (Å²) in [5, 5.41) is 17.4. The zero-order valence-corrected chi connectivity index (χ0v) is 10.1. The molecule has 0 spiro atoms. The summed E-state index contributed by atoms with van der Waals surface area (Å²) in [6.45, 7) is 0.757. The van der Waals surface area contributed by atoms with Crippen LogP contribution in [0.5, 0.6) is 0 Å². The van der Waals surface area contributed by atoms with E-state index in [2.05, 4.69) is 10.3 Å². The average molecular weight is 246 g/mol. The topological polar surface area (TPSA) is 71.2 Å². The molecule has 94 valence electrons. The quantitative estimate of drug-likeness (QED) is 0.856. The standard InChI is InChI=1S/C12H14N4O2/c1-15-8-4-2-5-9(11(8)13-14-15)16-7-3-6-10(16)12(17)18/h2,4-5,10H,3,6-7H2,1H3,(H,17,18). The number of rotatable bonds is 2. The predicted octanol–water partition coefficient (Wildman–Crippen LogP) is 1.02. The van der Waals surface area contributed by atoms with Crippen molar-refractivity contribution in [2.75, 3.05) is 11.4 Å². The summed E-state index contributed by atoms with van der Waals surface area (Å²) in [5.74, 6) is -0.770. The number of anilines is 1. The highest BCUT2D eigenvalue weighted by atomic mass is 16.4. The molecule has 18 heavy (non-hydrogen) atoms. The second kappa shape index (κ2) is 3.97. The molecule has 1 saturated heterocycles. The number of benzene rings is 1. The van der Waals surface area contributed by atoms with Crippen LogP contribution in [0.4, 0.5) is 5.69 Å². The van der Waals surface area contributed by atoms with Crippen molar-refractivity contribution in [3.63, 3.8) is 0 Å². The van der Waals surface area contributed by atoms with Crippen molar-refractivity contribution in [3.05, 3.63) is 18.2 Å². The third-order valence-corrected chi connectivity index (χ3v) is 3.47. The van der Waals surface area contributed by atoms with E-state index in [4.69, 9.17) is 0 Å². The molecule has 2 heterocycles. The maximum Gasteiger partial charge on any atom is 0.326 e. The minimum absolute atomic E-state index is 0.447. The number of carboxylic acid groups (broad SMARTS) is 1. The lowest BCUT2D eigenvalue weighted by molar-refractivity contribution is -0.138. The second-order valence-corrected chi connectivity index (χ2v) is 4.55. The maximum absolute atomic E-state index is 11.2. The Hall–Kier alpha value is -2.11. The van der Waals surface area contributed by atoms with E-state index in [0.717, 1.165) is 29.7 Å². The van der Waals surface area contributed by atoms with Crippen molar-refractivity contribution < 1.29 is 9.90 Å². The summed E-state index contributed by atoms with van der Waals surface area (Å²) in [4.78, 5) is 13.2. The van der Waals surface area contributed by atoms with Gasteiger partial charge in [0.05, 0.1) is 11.2 Å². The van der Waals surface area contributed by atoms with Crippen molar-refractivity contribution in [1.29, 1.82) is 0 Å². The summed E-state index contributed by atoms with van der Waals surface area (Å²) >= 11 is 0. The van der Waals surface area contributed by atoms with Crippen LogP contribution in [0.1, 0.15) is 12.8 Å². The van der Waals surface area contributed by atoms with Crippen LogP contribution in [0.25, 0.3) is 11.0 Å². The van der Waals surface area contributed by atoms with Crippen molar-refractivity contribution in [1.82, 2.24) is 15.0 Å². The van der Waals surface area contributed by atoms with E-state index in [0.29, 0.717) is 6.42 Å². The molecule has 1 atom stereocenters. The molecule has 1 aromatic heterocycles. The van der Waals surface area contributed by atoms with Gasteiger partial charge < -0.3 is 10.0 Å². The van der Waals surface area contributed by atoms with Crippen molar-refractivity contribution in [2.24, 2.45) is 7.05 Å². The highest BCUT2D eigenvalue weighted by Crippen LogP contribution is 2.30. The minimum Gasteiger partial charge on any atom is -0.480 e. The third kappa shape index (κ3) is 1.53. The molecule has 6 heteroatoms. The fourth-order valence-electron chi connectivity index (χ4n) is 2.59. The van der Waals surface area contributed by atoms with Gasteiger partial charge in [-0.3, -0.25) is 0 Å². The summed E-state index contributed by atoms with van der Waals surface area (Å²) in [6, 6.07) is 5.32. The Bertz CT molecular complexity index is 607. The highest BCUT2D eigenvalue weighted by molar-refractivity contribution is 5.91. The van der Waals surface area contributed by atoms with Crippen LogP contribution in [0, 0.1) is 0 Å². The van der Waals surface area contributed by atoms with E-state index in [-0.39, 0.29) is 0 Å². The number of hydrogen-bond donors (Lipinski definition) is 1. The Morgan fingerprint density at radius 1 is 1.50 bits per heavy atom. The fourth-order valence-corrected chi connectivity index (χ4v) is 2.59. The van der Waals surface area contributed by atoms with Crippen LogP contribution in [0.3, 0.4) is 0 Å². The Morgan fingerprint density at radius 3 is 3.11 bits per heavy atom. The van der Waals surface area contributed by atoms with E-state index in [1.54, 1.807) is 4.68 Å². The smallest absolute Gasteiger partial charge is 0.326 e. The lowest BCUT2D eigenvalue weighted by Crippen LogP contribution is -2.36. The molecule has 2 aromatic rings. The first-order valence-corrected chi connectivity index (χ1v) is 5.96. The van der Waals surface area contributed by atoms with Gasteiger partial charge >= 0.3 is 5.97 Å². The molecular weight excluding hydrogens is 232 g/mol. The fraction of sp³-hybridized carbons (Fsp3) is 0.417. The summed E-state index contributed by atoms with van der Waals surface area (Å²) in [5.41, 5.74) is 2.56. The normalized spacial score (nSPS) is 19.6. The number of fused-ring (bicyclic) bond motifs is 1. The zero-order valence-electron chi connectivity index (χ0n) is 10.1. The first-order chi connectivity index (χ1) is 8.68. The molecule has 0 radical (unpaired) electrons. The van der Waals surface area contributed by atoms with Gasteiger partial charge in [0.25, 0.3) is 0 Å². The Balaban J connectivity index is 2.11. The number of nitrogens with zero attached hydrogens (tertiary/aromatic N) is 4. The highest BCUT2D eigenvalue weighted by Gasteiger charge is 2.32. The lowest BCUT2D eigenvalue weighted by Gasteiger charge is -2.23. The summed E-state index contributed by atoms with van der Waals surface area (Å²) < 4.78 is 1.70. The van der Waals surface area contributed by atoms with Crippen molar-refractivity contribution in [3.8, 4) is 0 Å². The molecule has 1 fully saturated rings. The molecule has 0 bridgehead atoms. The molecule has 1 aromatic carbocycles. The predicted molar refractivity (Wildman–Crippen MR) is 66.5 cm³/mol. The average Bonchev–Trinajstić information content (AvgIpc) is 2.96. The van der Waals surface area contributed by atoms with Crippen molar-refractivity contribution >= 4 is 22.7 Å². The van der Waals surface area contributed by atoms with Crippen LogP contribution < -0.4 is 4.90 Å². The Labute approximate surface area is 104 Å². The molecule has 0 aliphatic carbocycles. The van der Waals surface area contributed by atoms with E-state index in [1.165, 1.54) is 0 Å². The van der Waals surface area contributed by atoms with Gasteiger partial charge in [0.2, 0.25) is 0 Å². The maximum atomic E-state index is 11.2. The molecule has 1 unspecified atom stereocenters. The number of hydrogen-bond acceptors (Lipinski definition) is 4. The van der Waals surface area contributed by atoms with Crippen LogP contribution in [-0.2, 0) is 11.8 Å². The van der Waals surface area contributed by atoms with Crippen LogP contribution in [-0.4, -0.2) is 38.7 Å². The SMILES string of the molecule is Cn1nnc2c(N3CCCC3C(=O)O)cccc21. The van der Waals surface area contributed by atoms with Gasteiger partial charge in [-0.2, -0.15) is 0 Å². The van der Waals surface area contributed by atoms with Gasteiger partial charge in [-0.15, -0.1) is 5.10 Å². The van der Waals surface area contributed by atoms with Gasteiger partial charge in [-0.05, 0) is 25.0 Å².